The summed E-state index contributed by atoms with van der Waals surface area (Å²) in [7, 11) is 0.997. The Morgan fingerprint density at radius 2 is 1.30 bits per heavy atom. The minimum atomic E-state index is -2.43. The van der Waals surface area contributed by atoms with E-state index in [1.807, 2.05) is 0 Å². The first-order chi connectivity index (χ1) is 20.3. The lowest BCUT2D eigenvalue weighted by Crippen LogP contribution is -2.64. The van der Waals surface area contributed by atoms with Crippen molar-refractivity contribution in [1.82, 2.24) is 0 Å². The van der Waals surface area contributed by atoms with Crippen molar-refractivity contribution in [1.29, 1.82) is 5.41 Å². The molecule has 1 N–H and O–H groups in total. The predicted molar refractivity (Wildman–Crippen MR) is 151 cm³/mol. The normalized spacial score (nSPS) is 21.6. The van der Waals surface area contributed by atoms with E-state index in [-0.39, 0.29) is 17.5 Å². The van der Waals surface area contributed by atoms with Crippen LogP contribution in [0.15, 0.2) is 60.7 Å². The Morgan fingerprint density at radius 1 is 0.791 bits per heavy atom. The Bertz CT molecular complexity index is 1330. The number of carbonyl (C=O) groups is 5. The van der Waals surface area contributed by atoms with Gasteiger partial charge in [-0.15, -0.1) is 0 Å². The van der Waals surface area contributed by atoms with Crippen LogP contribution in [0.25, 0.3) is 0 Å². The molecule has 230 valence electrons. The molecule has 0 unspecified atom stereocenters. The minimum absolute atomic E-state index is 0.00941. The Hall–Kier alpha value is -3.71. The monoisotopic (exact) mass is 657 g/mol. The van der Waals surface area contributed by atoms with Crippen molar-refractivity contribution >= 4 is 70.4 Å². The van der Waals surface area contributed by atoms with Crippen LogP contribution in [0.5, 0.6) is 0 Å². The summed E-state index contributed by atoms with van der Waals surface area (Å²) in [5, 5.41) is 8.05. The zero-order valence-electron chi connectivity index (χ0n) is 22.7. The van der Waals surface area contributed by atoms with Crippen molar-refractivity contribution in [3.8, 4) is 0 Å². The number of methoxy groups -OCH3 is 1. The zero-order valence-corrected chi connectivity index (χ0v) is 25.0. The van der Waals surface area contributed by atoms with Crippen LogP contribution in [0.2, 0.25) is 0 Å². The summed E-state index contributed by atoms with van der Waals surface area (Å²) in [6.07, 6.45) is -10.0. The molecule has 5 atom stereocenters. The average Bonchev–Trinajstić information content (AvgIpc) is 2.99. The molecule has 1 aliphatic rings. The van der Waals surface area contributed by atoms with Crippen molar-refractivity contribution < 1.29 is 52.4 Å². The molecular formula is C28H26Cl3NO11. The molecule has 43 heavy (non-hydrogen) atoms. The Morgan fingerprint density at radius 3 is 1.77 bits per heavy atom. The molecule has 0 bridgehead atoms. The number of Topliss-reactive ketones (excluding diaryl/α,β-unsaturated/α-hetero) is 1. The molecule has 0 spiro atoms. The number of benzene rings is 2. The highest BCUT2D eigenvalue weighted by Crippen LogP contribution is 2.34. The highest BCUT2D eigenvalue weighted by Gasteiger charge is 2.57. The number of rotatable bonds is 10. The van der Waals surface area contributed by atoms with Gasteiger partial charge in [0.2, 0.25) is 18.3 Å². The maximum absolute atomic E-state index is 13.2. The summed E-state index contributed by atoms with van der Waals surface area (Å²) in [6.45, 7) is 1.53. The number of hydrogen-bond acceptors (Lipinski definition) is 12. The molecule has 0 amide bonds. The molecule has 0 aliphatic carbocycles. The SMILES string of the molecule is CCC(=O)CC(=O)O[C@H]1[C@H](OC(=O)c2ccccc2)[C@@H](OC(=O)c2ccccc2)[C@H](OC(=N)C(Cl)(Cl)Cl)O[C@@H]1C(=O)OC. The first-order valence-corrected chi connectivity index (χ1v) is 13.8. The molecule has 0 aromatic heterocycles. The van der Waals surface area contributed by atoms with Gasteiger partial charge in [-0.2, -0.15) is 0 Å². The molecule has 2 aromatic rings. The maximum Gasteiger partial charge on any atom is 0.339 e. The Labute approximate surface area is 260 Å². The number of nitrogens with one attached hydrogen (secondary N) is 1. The fourth-order valence-electron chi connectivity index (χ4n) is 3.79. The van der Waals surface area contributed by atoms with E-state index in [2.05, 4.69) is 0 Å². The molecule has 0 radical (unpaired) electrons. The number of ether oxygens (including phenoxy) is 6. The fraction of sp³-hybridized carbons (Fsp3) is 0.357. The number of esters is 4. The third-order valence-electron chi connectivity index (χ3n) is 5.93. The van der Waals surface area contributed by atoms with Crippen LogP contribution in [0.3, 0.4) is 0 Å². The van der Waals surface area contributed by atoms with Crippen molar-refractivity contribution in [3.05, 3.63) is 71.8 Å². The van der Waals surface area contributed by atoms with Crippen LogP contribution in [0.1, 0.15) is 40.5 Å². The standard InChI is InChI=1S/C28H26Cl3NO11/c1-3-17(33)14-18(34)39-19-20(40-23(35)15-10-6-4-7-11-15)22(41-24(36)16-12-8-5-9-13-16)26(42-21(19)25(37)38-2)43-27(32)28(29,30)31/h4-13,19-22,26,32H,3,14H2,1-2H3/t19-,20-,21-,22+,26-/m0/s1. The van der Waals surface area contributed by atoms with Gasteiger partial charge < -0.3 is 28.4 Å². The molecule has 2 aromatic carbocycles. The number of hydrogen-bond donors (Lipinski definition) is 1. The van der Waals surface area contributed by atoms with Crippen LogP contribution >= 0.6 is 34.8 Å². The van der Waals surface area contributed by atoms with Gasteiger partial charge in [-0.3, -0.25) is 15.0 Å². The van der Waals surface area contributed by atoms with E-state index in [1.54, 1.807) is 36.4 Å². The lowest BCUT2D eigenvalue weighted by molar-refractivity contribution is -0.278. The van der Waals surface area contributed by atoms with Crippen molar-refractivity contribution in [3.63, 3.8) is 0 Å². The first-order valence-electron chi connectivity index (χ1n) is 12.6. The van der Waals surface area contributed by atoms with Gasteiger partial charge >= 0.3 is 23.9 Å². The van der Waals surface area contributed by atoms with Gasteiger partial charge in [0.05, 0.1) is 18.2 Å². The number of halogens is 3. The topological polar surface area (TPSA) is 165 Å². The van der Waals surface area contributed by atoms with Crippen molar-refractivity contribution in [2.75, 3.05) is 7.11 Å². The summed E-state index contributed by atoms with van der Waals surface area (Å²) >= 11 is 17.3. The lowest BCUT2D eigenvalue weighted by atomic mass is 9.97. The number of ketones is 1. The van der Waals surface area contributed by atoms with E-state index in [1.165, 1.54) is 31.2 Å². The van der Waals surface area contributed by atoms with E-state index < -0.39 is 76.5 Å². The highest BCUT2D eigenvalue weighted by atomic mass is 35.6. The van der Waals surface area contributed by atoms with E-state index in [0.717, 1.165) is 7.11 Å². The maximum atomic E-state index is 13.2. The van der Waals surface area contributed by atoms with E-state index in [9.17, 15) is 24.0 Å². The molecule has 0 saturated carbocycles. The molecule has 1 heterocycles. The van der Waals surface area contributed by atoms with Crippen LogP contribution in [-0.2, 0) is 42.8 Å². The molecular weight excluding hydrogens is 633 g/mol. The summed E-state index contributed by atoms with van der Waals surface area (Å²) in [5.41, 5.74) is 0.0810. The van der Waals surface area contributed by atoms with Gasteiger partial charge in [-0.1, -0.05) is 78.1 Å². The second kappa shape index (κ2) is 15.1. The number of carbonyl (C=O) groups excluding carboxylic acids is 5. The predicted octanol–water partition coefficient (Wildman–Crippen LogP) is 3.98. The third kappa shape index (κ3) is 9.14. The smallest absolute Gasteiger partial charge is 0.339 e. The second-order valence-corrected chi connectivity index (χ2v) is 11.2. The molecule has 1 fully saturated rings. The van der Waals surface area contributed by atoms with Gasteiger partial charge in [0.25, 0.3) is 3.79 Å². The molecule has 1 saturated heterocycles. The van der Waals surface area contributed by atoms with Crippen LogP contribution in [0, 0.1) is 5.41 Å². The van der Waals surface area contributed by atoms with Gasteiger partial charge in [0.15, 0.2) is 18.3 Å². The van der Waals surface area contributed by atoms with Gasteiger partial charge in [-0.25, -0.2) is 14.4 Å². The summed E-state index contributed by atoms with van der Waals surface area (Å²) < 4.78 is 30.2. The van der Waals surface area contributed by atoms with E-state index in [0.29, 0.717) is 0 Å². The Kier molecular flexibility index (Phi) is 11.9. The second-order valence-electron chi connectivity index (χ2n) is 8.89. The molecule has 15 heteroatoms. The number of alkyl halides is 3. The van der Waals surface area contributed by atoms with Crippen LogP contribution in [0.4, 0.5) is 0 Å². The summed E-state index contributed by atoms with van der Waals surface area (Å²) in [4.78, 5) is 64.0. The quantitative estimate of drug-likeness (QED) is 0.0980. The minimum Gasteiger partial charge on any atom is -0.467 e. The van der Waals surface area contributed by atoms with Gasteiger partial charge in [0.1, 0.15) is 12.2 Å². The van der Waals surface area contributed by atoms with Gasteiger partial charge in [-0.05, 0) is 24.3 Å². The third-order valence-corrected chi connectivity index (χ3v) is 6.44. The van der Waals surface area contributed by atoms with Gasteiger partial charge in [0, 0.05) is 6.42 Å². The summed E-state index contributed by atoms with van der Waals surface area (Å²) in [6, 6.07) is 15.2. The molecule has 12 nitrogen and oxygen atoms in total. The van der Waals surface area contributed by atoms with Crippen molar-refractivity contribution in [2.45, 2.75) is 54.3 Å². The first kappa shape index (κ1) is 33.8. The Balaban J connectivity index is 2.13. The summed E-state index contributed by atoms with van der Waals surface area (Å²) in [5.74, 6) is -5.70. The van der Waals surface area contributed by atoms with Crippen molar-refractivity contribution in [2.24, 2.45) is 0 Å². The van der Waals surface area contributed by atoms with Crippen LogP contribution < -0.4 is 0 Å². The average molecular weight is 659 g/mol. The van der Waals surface area contributed by atoms with E-state index in [4.69, 9.17) is 68.6 Å². The van der Waals surface area contributed by atoms with E-state index >= 15 is 0 Å². The lowest BCUT2D eigenvalue weighted by Gasteiger charge is -2.43. The zero-order chi connectivity index (χ0) is 31.7. The highest BCUT2D eigenvalue weighted by molar-refractivity contribution is 6.76. The fourth-order valence-corrected chi connectivity index (χ4v) is 3.93. The largest absolute Gasteiger partial charge is 0.467 e. The van der Waals surface area contributed by atoms with Crippen LogP contribution in [-0.4, -0.2) is 77.2 Å². The molecule has 3 rings (SSSR count). The molecule has 1 aliphatic heterocycles.